The van der Waals surface area contributed by atoms with Gasteiger partial charge in [-0.1, -0.05) is 13.8 Å². The summed E-state index contributed by atoms with van der Waals surface area (Å²) in [6.07, 6.45) is 5.89. The summed E-state index contributed by atoms with van der Waals surface area (Å²) in [4.78, 5) is 7.62. The Kier molecular flexibility index (Phi) is 5.24. The Balaban J connectivity index is 1.68. The van der Waals surface area contributed by atoms with Crippen LogP contribution >= 0.6 is 0 Å². The lowest BCUT2D eigenvalue weighted by Crippen LogP contribution is -2.40. The van der Waals surface area contributed by atoms with Gasteiger partial charge in [0.05, 0.1) is 19.9 Å². The molecule has 1 saturated heterocycles. The van der Waals surface area contributed by atoms with Crippen molar-refractivity contribution in [1.29, 1.82) is 0 Å². The molecule has 0 radical (unpaired) electrons. The molecule has 2 aliphatic rings. The van der Waals surface area contributed by atoms with E-state index in [1.165, 1.54) is 36.3 Å². The van der Waals surface area contributed by atoms with E-state index in [-0.39, 0.29) is 0 Å². The minimum atomic E-state index is 0.684. The van der Waals surface area contributed by atoms with Gasteiger partial charge in [0.15, 0.2) is 5.65 Å². The summed E-state index contributed by atoms with van der Waals surface area (Å²) < 4.78 is 13.0. The molecule has 31 heavy (non-hydrogen) atoms. The monoisotopic (exact) mass is 420 g/mol. The van der Waals surface area contributed by atoms with Crippen molar-refractivity contribution < 1.29 is 9.47 Å². The van der Waals surface area contributed by atoms with Crippen LogP contribution in [-0.2, 0) is 12.8 Å². The molecular weight excluding hydrogens is 388 g/mol. The van der Waals surface area contributed by atoms with Crippen molar-refractivity contribution in [3.8, 4) is 22.8 Å². The summed E-state index contributed by atoms with van der Waals surface area (Å²) in [7, 11) is 3.35. The van der Waals surface area contributed by atoms with Crippen LogP contribution in [0.25, 0.3) is 16.9 Å². The fourth-order valence-corrected chi connectivity index (χ4v) is 5.38. The van der Waals surface area contributed by atoms with Gasteiger partial charge in [0.1, 0.15) is 17.3 Å². The van der Waals surface area contributed by atoms with E-state index in [1.807, 2.05) is 18.2 Å². The topological polar surface area (TPSA) is 51.9 Å². The average molecular weight is 421 g/mol. The Hall–Kier alpha value is -2.76. The molecule has 2 atom stereocenters. The Morgan fingerprint density at radius 2 is 1.58 bits per heavy atom. The van der Waals surface area contributed by atoms with E-state index < -0.39 is 0 Å². The van der Waals surface area contributed by atoms with E-state index in [1.54, 1.807) is 14.2 Å². The maximum absolute atomic E-state index is 5.48. The highest BCUT2D eigenvalue weighted by Gasteiger charge is 2.29. The van der Waals surface area contributed by atoms with Crippen molar-refractivity contribution >= 4 is 11.5 Å². The summed E-state index contributed by atoms with van der Waals surface area (Å²) >= 11 is 0. The molecule has 0 saturated carbocycles. The number of rotatable bonds is 4. The molecule has 6 nitrogen and oxygen atoms in total. The lowest BCUT2D eigenvalue weighted by atomic mass is 9.90. The van der Waals surface area contributed by atoms with Gasteiger partial charge >= 0.3 is 0 Å². The molecule has 2 unspecified atom stereocenters. The van der Waals surface area contributed by atoms with Crippen LogP contribution in [0, 0.1) is 11.8 Å². The second-order valence-corrected chi connectivity index (χ2v) is 9.32. The molecule has 0 spiro atoms. The smallest absolute Gasteiger partial charge is 0.158 e. The molecule has 3 heterocycles. The molecule has 1 aliphatic heterocycles. The van der Waals surface area contributed by atoms with Crippen molar-refractivity contribution in [2.45, 2.75) is 46.0 Å². The van der Waals surface area contributed by atoms with Crippen molar-refractivity contribution in [3.63, 3.8) is 0 Å². The number of aromatic nitrogens is 3. The number of fused-ring (bicyclic) bond motifs is 2. The molecule has 3 aromatic rings. The Morgan fingerprint density at radius 3 is 2.26 bits per heavy atom. The van der Waals surface area contributed by atoms with Crippen LogP contribution in [0.3, 0.4) is 0 Å². The third kappa shape index (κ3) is 3.73. The number of ether oxygens (including phenoxy) is 2. The van der Waals surface area contributed by atoms with E-state index in [9.17, 15) is 0 Å². The van der Waals surface area contributed by atoms with Crippen LogP contribution in [-0.4, -0.2) is 41.9 Å². The lowest BCUT2D eigenvalue weighted by Gasteiger charge is -2.38. The summed E-state index contributed by atoms with van der Waals surface area (Å²) in [5.74, 6) is 4.15. The fourth-order valence-electron chi connectivity index (χ4n) is 5.38. The first-order chi connectivity index (χ1) is 15.1. The largest absolute Gasteiger partial charge is 0.497 e. The van der Waals surface area contributed by atoms with Crippen LogP contribution in [0.5, 0.6) is 11.5 Å². The number of benzene rings is 1. The number of hydrogen-bond donors (Lipinski definition) is 0. The van der Waals surface area contributed by atoms with Gasteiger partial charge in [-0.15, -0.1) is 0 Å². The predicted molar refractivity (Wildman–Crippen MR) is 123 cm³/mol. The molecule has 0 bridgehead atoms. The number of hydrogen-bond acceptors (Lipinski definition) is 5. The number of methoxy groups -OCH3 is 2. The van der Waals surface area contributed by atoms with Crippen molar-refractivity contribution in [1.82, 2.24) is 14.6 Å². The molecule has 0 N–H and O–H groups in total. The molecule has 164 valence electrons. The Labute approximate surface area is 184 Å². The van der Waals surface area contributed by atoms with E-state index in [2.05, 4.69) is 29.3 Å². The highest BCUT2D eigenvalue weighted by Crippen LogP contribution is 2.36. The van der Waals surface area contributed by atoms with Crippen molar-refractivity contribution in [2.75, 3.05) is 32.2 Å². The highest BCUT2D eigenvalue weighted by atomic mass is 16.5. The van der Waals surface area contributed by atoms with Gasteiger partial charge in [-0.2, -0.15) is 9.61 Å². The van der Waals surface area contributed by atoms with Crippen molar-refractivity contribution in [2.24, 2.45) is 11.8 Å². The fraction of sp³-hybridized carbons (Fsp3) is 0.520. The minimum absolute atomic E-state index is 0.684. The maximum Gasteiger partial charge on any atom is 0.158 e. The molecular formula is C25H32N4O2. The second kappa shape index (κ2) is 8.06. The molecule has 1 aromatic carbocycles. The Bertz CT molecular complexity index is 1070. The molecule has 5 rings (SSSR count). The van der Waals surface area contributed by atoms with Crippen LogP contribution in [0.1, 0.15) is 44.4 Å². The average Bonchev–Trinajstić information content (AvgIpc) is 3.19. The van der Waals surface area contributed by atoms with Crippen LogP contribution in [0.15, 0.2) is 24.3 Å². The van der Waals surface area contributed by atoms with Crippen molar-refractivity contribution in [3.05, 3.63) is 35.5 Å². The first-order valence-corrected chi connectivity index (χ1v) is 11.5. The highest BCUT2D eigenvalue weighted by molar-refractivity contribution is 5.70. The van der Waals surface area contributed by atoms with Gasteiger partial charge in [-0.05, 0) is 56.1 Å². The molecule has 0 amide bonds. The van der Waals surface area contributed by atoms with E-state index >= 15 is 0 Å². The zero-order chi connectivity index (χ0) is 21.5. The molecule has 6 heteroatoms. The summed E-state index contributed by atoms with van der Waals surface area (Å²) in [5.41, 5.74) is 5.46. The zero-order valence-electron chi connectivity index (χ0n) is 19.0. The van der Waals surface area contributed by atoms with Crippen LogP contribution in [0.4, 0.5) is 5.82 Å². The Morgan fingerprint density at radius 1 is 0.903 bits per heavy atom. The van der Waals surface area contributed by atoms with Gasteiger partial charge < -0.3 is 14.4 Å². The molecule has 1 fully saturated rings. The number of nitrogens with zero attached hydrogens (tertiary/aromatic N) is 4. The molecule has 1 aliphatic carbocycles. The van der Waals surface area contributed by atoms with Gasteiger partial charge in [-0.25, -0.2) is 4.98 Å². The summed E-state index contributed by atoms with van der Waals surface area (Å²) in [5, 5.41) is 5.07. The number of anilines is 1. The summed E-state index contributed by atoms with van der Waals surface area (Å²) in [6, 6.07) is 8.01. The predicted octanol–water partition coefficient (Wildman–Crippen LogP) is 4.77. The number of aryl methyl sites for hydroxylation is 1. The van der Waals surface area contributed by atoms with Crippen LogP contribution < -0.4 is 14.4 Å². The third-order valence-corrected chi connectivity index (χ3v) is 6.66. The SMILES string of the molecule is COc1cc(OC)cc(-c2cc3nc4c(c(N5CC(C)CC(C)C5)n3n2)CCCC4)c1. The van der Waals surface area contributed by atoms with Gasteiger partial charge in [0, 0.05) is 42.0 Å². The van der Waals surface area contributed by atoms with E-state index in [0.29, 0.717) is 11.8 Å². The van der Waals surface area contributed by atoms with E-state index in [4.69, 9.17) is 19.6 Å². The molecule has 2 aromatic heterocycles. The quantitative estimate of drug-likeness (QED) is 0.608. The number of piperidine rings is 1. The normalized spacial score (nSPS) is 21.2. The lowest BCUT2D eigenvalue weighted by molar-refractivity contribution is 0.353. The second-order valence-electron chi connectivity index (χ2n) is 9.32. The van der Waals surface area contributed by atoms with Gasteiger partial charge in [-0.3, -0.25) is 0 Å². The zero-order valence-corrected chi connectivity index (χ0v) is 19.0. The maximum atomic E-state index is 5.48. The summed E-state index contributed by atoms with van der Waals surface area (Å²) in [6.45, 7) is 6.89. The standard InChI is InChI=1S/C25H32N4O2/c1-16-9-17(2)15-28(14-16)25-21-7-5-6-8-22(21)26-24-13-23(27-29(24)25)18-10-19(30-3)12-20(11-18)31-4/h10-13,16-17H,5-9,14-15H2,1-4H3. The van der Waals surface area contributed by atoms with Gasteiger partial charge in [0.2, 0.25) is 0 Å². The first-order valence-electron chi connectivity index (χ1n) is 11.5. The first kappa shape index (κ1) is 20.2. The van der Waals surface area contributed by atoms with Crippen LogP contribution in [0.2, 0.25) is 0 Å². The third-order valence-electron chi connectivity index (χ3n) is 6.66. The van der Waals surface area contributed by atoms with Gasteiger partial charge in [0.25, 0.3) is 0 Å². The van der Waals surface area contributed by atoms with E-state index in [0.717, 1.165) is 54.3 Å². The minimum Gasteiger partial charge on any atom is -0.497 e.